The Hall–Kier alpha value is -3.71. The average molecular weight is 460 g/mol. The van der Waals surface area contributed by atoms with Gasteiger partial charge in [-0.1, -0.05) is 48.5 Å². The van der Waals surface area contributed by atoms with Crippen LogP contribution in [0.3, 0.4) is 0 Å². The number of hydrogen-bond donors (Lipinski definition) is 1. The van der Waals surface area contributed by atoms with Gasteiger partial charge in [-0.25, -0.2) is 9.59 Å². The fourth-order valence-corrected chi connectivity index (χ4v) is 5.70. The SMILES string of the molecule is COC(=O)c1c(NC(=O)c2cc3ccccc3oc2=O)sc2c1CC[C@@H](c1ccccc1)C2. The van der Waals surface area contributed by atoms with E-state index < -0.39 is 17.5 Å². The van der Waals surface area contributed by atoms with E-state index in [0.29, 0.717) is 33.9 Å². The first-order valence-electron chi connectivity index (χ1n) is 10.7. The first-order valence-corrected chi connectivity index (χ1v) is 11.5. The molecule has 2 aromatic heterocycles. The molecule has 0 unspecified atom stereocenters. The van der Waals surface area contributed by atoms with Crippen LogP contribution < -0.4 is 10.9 Å². The Morgan fingerprint density at radius 1 is 1.09 bits per heavy atom. The number of methoxy groups -OCH3 is 1. The van der Waals surface area contributed by atoms with E-state index in [-0.39, 0.29) is 5.56 Å². The molecule has 166 valence electrons. The monoisotopic (exact) mass is 459 g/mol. The highest BCUT2D eigenvalue weighted by molar-refractivity contribution is 7.17. The molecule has 7 heteroatoms. The minimum Gasteiger partial charge on any atom is -0.465 e. The molecule has 0 spiro atoms. The summed E-state index contributed by atoms with van der Waals surface area (Å²) in [7, 11) is 1.32. The van der Waals surface area contributed by atoms with Gasteiger partial charge < -0.3 is 14.5 Å². The molecule has 0 fully saturated rings. The molecule has 1 amide bonds. The molecule has 0 radical (unpaired) electrons. The van der Waals surface area contributed by atoms with E-state index in [2.05, 4.69) is 17.4 Å². The highest BCUT2D eigenvalue weighted by atomic mass is 32.1. The lowest BCUT2D eigenvalue weighted by molar-refractivity contribution is 0.0601. The van der Waals surface area contributed by atoms with Gasteiger partial charge in [-0.15, -0.1) is 11.3 Å². The molecular formula is C26H21NO5S. The number of hydrogen-bond acceptors (Lipinski definition) is 6. The van der Waals surface area contributed by atoms with Crippen molar-refractivity contribution in [1.29, 1.82) is 0 Å². The zero-order valence-corrected chi connectivity index (χ0v) is 18.7. The summed E-state index contributed by atoms with van der Waals surface area (Å²) in [6.07, 6.45) is 2.39. The molecule has 1 N–H and O–H groups in total. The second kappa shape index (κ2) is 8.67. The average Bonchev–Trinajstić information content (AvgIpc) is 3.20. The van der Waals surface area contributed by atoms with Gasteiger partial charge in [0.15, 0.2) is 0 Å². The highest BCUT2D eigenvalue weighted by Crippen LogP contribution is 2.42. The molecule has 5 rings (SSSR count). The van der Waals surface area contributed by atoms with Crippen molar-refractivity contribution in [1.82, 2.24) is 0 Å². The summed E-state index contributed by atoms with van der Waals surface area (Å²) in [5.41, 5.74) is 2.13. The van der Waals surface area contributed by atoms with Gasteiger partial charge in [0.2, 0.25) is 0 Å². The summed E-state index contributed by atoms with van der Waals surface area (Å²) >= 11 is 1.37. The van der Waals surface area contributed by atoms with E-state index >= 15 is 0 Å². The minimum absolute atomic E-state index is 0.113. The van der Waals surface area contributed by atoms with Crippen molar-refractivity contribution in [2.45, 2.75) is 25.2 Å². The predicted molar refractivity (Wildman–Crippen MR) is 127 cm³/mol. The summed E-state index contributed by atoms with van der Waals surface area (Å²) < 4.78 is 10.3. The fourth-order valence-electron chi connectivity index (χ4n) is 4.39. The van der Waals surface area contributed by atoms with Crippen LogP contribution in [0.5, 0.6) is 0 Å². The van der Waals surface area contributed by atoms with E-state index in [1.165, 1.54) is 30.1 Å². The highest BCUT2D eigenvalue weighted by Gasteiger charge is 2.31. The standard InChI is InChI=1S/C26H21NO5S/c1-31-26(30)22-18-12-11-16(15-7-3-2-4-8-15)14-21(18)33-24(22)27-23(28)19-13-17-9-5-6-10-20(17)32-25(19)29/h2-10,13,16H,11-12,14H2,1H3,(H,27,28)/t16-/m1/s1. The molecule has 33 heavy (non-hydrogen) atoms. The lowest BCUT2D eigenvalue weighted by Gasteiger charge is -2.22. The first-order chi connectivity index (χ1) is 16.0. The third-order valence-electron chi connectivity index (χ3n) is 6.04. The molecule has 1 aliphatic rings. The van der Waals surface area contributed by atoms with Crippen molar-refractivity contribution < 1.29 is 18.7 Å². The quantitative estimate of drug-likeness (QED) is 0.336. The van der Waals surface area contributed by atoms with E-state index in [1.807, 2.05) is 18.2 Å². The number of rotatable bonds is 4. The van der Waals surface area contributed by atoms with Crippen LogP contribution in [0.2, 0.25) is 0 Å². The Kier molecular flexibility index (Phi) is 5.56. The third kappa shape index (κ3) is 3.96. The number of nitrogens with one attached hydrogen (secondary N) is 1. The number of para-hydroxylation sites is 1. The molecule has 1 aliphatic carbocycles. The van der Waals surface area contributed by atoms with Crippen molar-refractivity contribution >= 4 is 39.2 Å². The van der Waals surface area contributed by atoms with Crippen LogP contribution in [0.25, 0.3) is 11.0 Å². The van der Waals surface area contributed by atoms with E-state index in [0.717, 1.165) is 23.3 Å². The normalized spacial score (nSPS) is 15.1. The van der Waals surface area contributed by atoms with Gasteiger partial charge in [0.25, 0.3) is 5.91 Å². The van der Waals surface area contributed by atoms with Crippen LogP contribution in [-0.4, -0.2) is 19.0 Å². The van der Waals surface area contributed by atoms with E-state index in [4.69, 9.17) is 9.15 Å². The zero-order valence-electron chi connectivity index (χ0n) is 17.9. The van der Waals surface area contributed by atoms with Gasteiger partial charge in [0.05, 0.1) is 12.7 Å². The lowest BCUT2D eigenvalue weighted by atomic mass is 9.83. The van der Waals surface area contributed by atoms with E-state index in [9.17, 15) is 14.4 Å². The topological polar surface area (TPSA) is 85.6 Å². The third-order valence-corrected chi connectivity index (χ3v) is 7.21. The number of anilines is 1. The fraction of sp³-hybridized carbons (Fsp3) is 0.192. The number of carbonyl (C=O) groups excluding carboxylic acids is 2. The Morgan fingerprint density at radius 3 is 2.64 bits per heavy atom. The molecule has 0 aliphatic heterocycles. The maximum absolute atomic E-state index is 13.0. The van der Waals surface area contributed by atoms with Gasteiger partial charge in [0.1, 0.15) is 16.1 Å². The van der Waals surface area contributed by atoms with Gasteiger partial charge in [0, 0.05) is 10.3 Å². The summed E-state index contributed by atoms with van der Waals surface area (Å²) in [6.45, 7) is 0. The van der Waals surface area contributed by atoms with Crippen LogP contribution in [0.15, 0.2) is 69.9 Å². The zero-order chi connectivity index (χ0) is 22.9. The predicted octanol–water partition coefficient (Wildman–Crippen LogP) is 5.17. The van der Waals surface area contributed by atoms with Crippen molar-refractivity contribution in [2.75, 3.05) is 12.4 Å². The smallest absolute Gasteiger partial charge is 0.349 e. The van der Waals surface area contributed by atoms with Crippen LogP contribution in [0.1, 0.15) is 49.1 Å². The molecule has 2 aromatic carbocycles. The number of fused-ring (bicyclic) bond motifs is 2. The van der Waals surface area contributed by atoms with Gasteiger partial charge in [-0.2, -0.15) is 0 Å². The minimum atomic E-state index is -0.726. The Morgan fingerprint density at radius 2 is 1.85 bits per heavy atom. The number of amides is 1. The molecule has 4 aromatic rings. The Labute approximate surface area is 193 Å². The van der Waals surface area contributed by atoms with Crippen LogP contribution in [0, 0.1) is 0 Å². The van der Waals surface area contributed by atoms with Crippen molar-refractivity contribution in [2.24, 2.45) is 0 Å². The van der Waals surface area contributed by atoms with Crippen molar-refractivity contribution in [3.63, 3.8) is 0 Å². The number of thiophene rings is 1. The van der Waals surface area contributed by atoms with Crippen LogP contribution in [-0.2, 0) is 17.6 Å². The van der Waals surface area contributed by atoms with E-state index in [1.54, 1.807) is 24.3 Å². The Bertz CT molecular complexity index is 1420. The Balaban J connectivity index is 1.49. The molecule has 6 nitrogen and oxygen atoms in total. The molecule has 0 saturated carbocycles. The van der Waals surface area contributed by atoms with Crippen molar-refractivity contribution in [3.05, 3.63) is 98.2 Å². The summed E-state index contributed by atoms with van der Waals surface area (Å²) in [6, 6.07) is 18.8. The molecular weight excluding hydrogens is 438 g/mol. The molecule has 0 saturated heterocycles. The van der Waals surface area contributed by atoms with Crippen molar-refractivity contribution in [3.8, 4) is 0 Å². The number of carbonyl (C=O) groups is 2. The van der Waals surface area contributed by atoms with Crippen LogP contribution in [0.4, 0.5) is 5.00 Å². The van der Waals surface area contributed by atoms with Gasteiger partial charge in [-0.3, -0.25) is 4.79 Å². The lowest BCUT2D eigenvalue weighted by Crippen LogP contribution is -2.21. The maximum atomic E-state index is 13.0. The second-order valence-corrected chi connectivity index (χ2v) is 9.09. The molecule has 0 bridgehead atoms. The first kappa shape index (κ1) is 21.2. The van der Waals surface area contributed by atoms with Gasteiger partial charge >= 0.3 is 11.6 Å². The van der Waals surface area contributed by atoms with Gasteiger partial charge in [-0.05, 0) is 48.4 Å². The summed E-state index contributed by atoms with van der Waals surface area (Å²) in [4.78, 5) is 39.1. The number of benzene rings is 2. The number of esters is 1. The largest absolute Gasteiger partial charge is 0.465 e. The number of ether oxygens (including phenoxy) is 1. The summed E-state index contributed by atoms with van der Waals surface area (Å²) in [5.74, 6) is -0.761. The molecule has 1 atom stereocenters. The van der Waals surface area contributed by atoms with Crippen LogP contribution >= 0.6 is 11.3 Å². The summed E-state index contributed by atoms with van der Waals surface area (Å²) in [5, 5.41) is 3.82. The molecule has 2 heterocycles. The maximum Gasteiger partial charge on any atom is 0.349 e. The second-order valence-electron chi connectivity index (χ2n) is 7.99.